The largest absolute Gasteiger partial charge is 0.426 e. The van der Waals surface area contributed by atoms with Gasteiger partial charge in [0.1, 0.15) is 5.75 Å². The summed E-state index contributed by atoms with van der Waals surface area (Å²) in [6, 6.07) is 18.2. The molecule has 24 heavy (non-hydrogen) atoms. The van der Waals surface area contributed by atoms with E-state index in [0.29, 0.717) is 5.75 Å². The second-order valence-electron chi connectivity index (χ2n) is 6.44. The first-order chi connectivity index (χ1) is 11.7. The fourth-order valence-electron chi connectivity index (χ4n) is 3.19. The van der Waals surface area contributed by atoms with Gasteiger partial charge in [-0.25, -0.2) is 0 Å². The van der Waals surface area contributed by atoms with E-state index < -0.39 is 0 Å². The van der Waals surface area contributed by atoms with E-state index in [9.17, 15) is 4.79 Å². The van der Waals surface area contributed by atoms with Gasteiger partial charge in [0.2, 0.25) is 0 Å². The summed E-state index contributed by atoms with van der Waals surface area (Å²) >= 11 is 0. The van der Waals surface area contributed by atoms with E-state index in [1.54, 1.807) is 0 Å². The van der Waals surface area contributed by atoms with Crippen LogP contribution in [0.25, 0.3) is 0 Å². The SMILES string of the molecule is CCN1CCC(C(=O)Oc2ccc(Cc3ccccc3)cc2)CC1. The van der Waals surface area contributed by atoms with Crippen molar-refractivity contribution in [3.8, 4) is 5.75 Å². The molecule has 1 aliphatic heterocycles. The highest BCUT2D eigenvalue weighted by atomic mass is 16.5. The molecular weight excluding hydrogens is 298 g/mol. The molecule has 0 spiro atoms. The van der Waals surface area contributed by atoms with Crippen molar-refractivity contribution in [3.63, 3.8) is 0 Å². The number of carbonyl (C=O) groups is 1. The second kappa shape index (κ2) is 8.11. The van der Waals surface area contributed by atoms with Crippen LogP contribution in [0.2, 0.25) is 0 Å². The number of likely N-dealkylation sites (tertiary alicyclic amines) is 1. The molecule has 0 atom stereocenters. The van der Waals surface area contributed by atoms with Gasteiger partial charge in [0, 0.05) is 0 Å². The Morgan fingerprint density at radius 1 is 1.00 bits per heavy atom. The maximum Gasteiger partial charge on any atom is 0.314 e. The molecule has 1 aliphatic rings. The first-order valence-electron chi connectivity index (χ1n) is 8.81. The van der Waals surface area contributed by atoms with Gasteiger partial charge in [-0.2, -0.15) is 0 Å². The normalized spacial score (nSPS) is 16.0. The molecular formula is C21H25NO2. The zero-order valence-corrected chi connectivity index (χ0v) is 14.3. The third-order valence-electron chi connectivity index (χ3n) is 4.76. The number of hydrogen-bond acceptors (Lipinski definition) is 3. The molecule has 0 aliphatic carbocycles. The summed E-state index contributed by atoms with van der Waals surface area (Å²) in [5.74, 6) is 0.605. The third-order valence-corrected chi connectivity index (χ3v) is 4.76. The van der Waals surface area contributed by atoms with E-state index >= 15 is 0 Å². The Morgan fingerprint density at radius 3 is 2.25 bits per heavy atom. The highest BCUT2D eigenvalue weighted by Crippen LogP contribution is 2.21. The number of rotatable bonds is 5. The number of piperidine rings is 1. The summed E-state index contributed by atoms with van der Waals surface area (Å²) in [5, 5.41) is 0. The molecule has 2 aromatic rings. The van der Waals surface area contributed by atoms with Gasteiger partial charge in [0.25, 0.3) is 0 Å². The molecule has 0 aromatic heterocycles. The predicted molar refractivity (Wildman–Crippen MR) is 96.2 cm³/mol. The van der Waals surface area contributed by atoms with Gasteiger partial charge in [-0.1, -0.05) is 49.4 Å². The lowest BCUT2D eigenvalue weighted by Crippen LogP contribution is -2.37. The number of nitrogens with zero attached hydrogens (tertiary/aromatic N) is 1. The average molecular weight is 323 g/mol. The number of ether oxygens (including phenoxy) is 1. The van der Waals surface area contributed by atoms with Crippen LogP contribution in [0.5, 0.6) is 5.75 Å². The zero-order chi connectivity index (χ0) is 16.8. The van der Waals surface area contributed by atoms with Crippen LogP contribution < -0.4 is 4.74 Å². The van der Waals surface area contributed by atoms with E-state index in [-0.39, 0.29) is 11.9 Å². The van der Waals surface area contributed by atoms with Gasteiger partial charge in [-0.3, -0.25) is 4.79 Å². The van der Waals surface area contributed by atoms with Crippen LogP contribution in [0.4, 0.5) is 0 Å². The molecule has 1 fully saturated rings. The van der Waals surface area contributed by atoms with Crippen molar-refractivity contribution >= 4 is 5.97 Å². The Hall–Kier alpha value is -2.13. The zero-order valence-electron chi connectivity index (χ0n) is 14.3. The average Bonchev–Trinajstić information content (AvgIpc) is 2.64. The van der Waals surface area contributed by atoms with Crippen molar-refractivity contribution in [1.29, 1.82) is 0 Å². The number of benzene rings is 2. The highest BCUT2D eigenvalue weighted by molar-refractivity contribution is 5.75. The molecule has 3 rings (SSSR count). The summed E-state index contributed by atoms with van der Waals surface area (Å²) in [4.78, 5) is 14.7. The molecule has 0 N–H and O–H groups in total. The van der Waals surface area contributed by atoms with Crippen molar-refractivity contribution in [2.24, 2.45) is 5.92 Å². The summed E-state index contributed by atoms with van der Waals surface area (Å²) in [6.07, 6.45) is 2.70. The fourth-order valence-corrected chi connectivity index (χ4v) is 3.19. The molecule has 0 bridgehead atoms. The molecule has 1 heterocycles. The van der Waals surface area contributed by atoms with Crippen molar-refractivity contribution in [3.05, 3.63) is 65.7 Å². The smallest absolute Gasteiger partial charge is 0.314 e. The predicted octanol–water partition coefficient (Wildman–Crippen LogP) is 3.91. The summed E-state index contributed by atoms with van der Waals surface area (Å²) < 4.78 is 5.57. The van der Waals surface area contributed by atoms with Crippen LogP contribution >= 0.6 is 0 Å². The van der Waals surface area contributed by atoms with Crippen LogP contribution in [0.15, 0.2) is 54.6 Å². The molecule has 0 saturated carbocycles. The molecule has 0 amide bonds. The Morgan fingerprint density at radius 2 is 1.62 bits per heavy atom. The maximum atomic E-state index is 12.3. The minimum atomic E-state index is -0.0819. The van der Waals surface area contributed by atoms with Crippen molar-refractivity contribution < 1.29 is 9.53 Å². The summed E-state index contributed by atoms with van der Waals surface area (Å²) in [6.45, 7) is 5.21. The Bertz CT molecular complexity index is 643. The Balaban J connectivity index is 1.53. The number of esters is 1. The first kappa shape index (κ1) is 16.7. The third kappa shape index (κ3) is 4.45. The molecule has 2 aromatic carbocycles. The molecule has 1 saturated heterocycles. The summed E-state index contributed by atoms with van der Waals surface area (Å²) in [5.41, 5.74) is 2.50. The van der Waals surface area contributed by atoms with Crippen LogP contribution in [0, 0.1) is 5.92 Å². The fraction of sp³-hybridized carbons (Fsp3) is 0.381. The topological polar surface area (TPSA) is 29.5 Å². The van der Waals surface area contributed by atoms with Gasteiger partial charge in [-0.05, 0) is 62.2 Å². The van der Waals surface area contributed by atoms with Crippen LogP contribution in [0.1, 0.15) is 30.9 Å². The minimum absolute atomic E-state index is 0.0387. The molecule has 0 unspecified atom stereocenters. The standard InChI is InChI=1S/C21H25NO2/c1-2-22-14-12-19(13-15-22)21(23)24-20-10-8-18(9-11-20)16-17-6-4-3-5-7-17/h3-11,19H,2,12-16H2,1H3. The van der Waals surface area contributed by atoms with Crippen molar-refractivity contribution in [2.45, 2.75) is 26.2 Å². The van der Waals surface area contributed by atoms with Crippen LogP contribution in [0.3, 0.4) is 0 Å². The minimum Gasteiger partial charge on any atom is -0.426 e. The van der Waals surface area contributed by atoms with Crippen molar-refractivity contribution in [1.82, 2.24) is 4.90 Å². The van der Waals surface area contributed by atoms with Gasteiger partial charge < -0.3 is 9.64 Å². The lowest BCUT2D eigenvalue weighted by atomic mass is 9.97. The lowest BCUT2D eigenvalue weighted by Gasteiger charge is -2.29. The monoisotopic (exact) mass is 323 g/mol. The van der Waals surface area contributed by atoms with E-state index in [0.717, 1.165) is 38.9 Å². The van der Waals surface area contributed by atoms with Gasteiger partial charge in [0.15, 0.2) is 0 Å². The molecule has 3 nitrogen and oxygen atoms in total. The lowest BCUT2D eigenvalue weighted by molar-refractivity contribution is -0.140. The summed E-state index contributed by atoms with van der Waals surface area (Å²) in [7, 11) is 0. The Labute approximate surface area is 144 Å². The van der Waals surface area contributed by atoms with Crippen molar-refractivity contribution in [2.75, 3.05) is 19.6 Å². The molecule has 0 radical (unpaired) electrons. The van der Waals surface area contributed by atoms with Crippen LogP contribution in [-0.4, -0.2) is 30.5 Å². The van der Waals surface area contributed by atoms with Gasteiger partial charge >= 0.3 is 5.97 Å². The van der Waals surface area contributed by atoms with E-state index in [2.05, 4.69) is 36.1 Å². The highest BCUT2D eigenvalue weighted by Gasteiger charge is 2.25. The molecule has 126 valence electrons. The number of hydrogen-bond donors (Lipinski definition) is 0. The quantitative estimate of drug-likeness (QED) is 0.617. The van der Waals surface area contributed by atoms with E-state index in [1.165, 1.54) is 11.1 Å². The maximum absolute atomic E-state index is 12.3. The van der Waals surface area contributed by atoms with Gasteiger partial charge in [0.05, 0.1) is 5.92 Å². The van der Waals surface area contributed by atoms with E-state index in [1.807, 2.05) is 30.3 Å². The number of carbonyl (C=O) groups excluding carboxylic acids is 1. The van der Waals surface area contributed by atoms with Crippen LogP contribution in [-0.2, 0) is 11.2 Å². The molecule has 3 heteroatoms. The Kier molecular flexibility index (Phi) is 5.65. The second-order valence-corrected chi connectivity index (χ2v) is 6.44. The van der Waals surface area contributed by atoms with E-state index in [4.69, 9.17) is 4.74 Å². The van der Waals surface area contributed by atoms with Gasteiger partial charge in [-0.15, -0.1) is 0 Å². The first-order valence-corrected chi connectivity index (χ1v) is 8.81.